The smallest absolute Gasteiger partial charge is 0.314 e. The Morgan fingerprint density at radius 3 is 2.31 bits per heavy atom. The largest absolute Gasteiger partial charge is 0.481 e. The van der Waals surface area contributed by atoms with Crippen LogP contribution in [-0.2, 0) is 4.79 Å². The number of carboxylic acids is 1. The summed E-state index contributed by atoms with van der Waals surface area (Å²) >= 11 is 0. The molecule has 4 nitrogen and oxygen atoms in total. The second-order valence-corrected chi connectivity index (χ2v) is 3.83. The van der Waals surface area contributed by atoms with Crippen LogP contribution in [-0.4, -0.2) is 22.9 Å². The molecule has 3 N–H and O–H groups in total. The van der Waals surface area contributed by atoms with Gasteiger partial charge in [0, 0.05) is 11.6 Å². The van der Waals surface area contributed by atoms with Gasteiger partial charge >= 0.3 is 5.97 Å². The molecule has 0 radical (unpaired) electrons. The zero-order valence-corrected chi connectivity index (χ0v) is 9.09. The van der Waals surface area contributed by atoms with Gasteiger partial charge in [0.05, 0.1) is 0 Å². The standard InChI is InChI=1S/C12H15NO3/c1-8(13)7-10(12(15)16)11(14)9-5-3-2-4-6-9/h2-6,8,10H,7,13H2,1H3,(H,15,16). The molecule has 0 heterocycles. The zero-order valence-electron chi connectivity index (χ0n) is 9.09. The van der Waals surface area contributed by atoms with Crippen molar-refractivity contribution in [3.05, 3.63) is 35.9 Å². The third-order valence-corrected chi connectivity index (χ3v) is 2.28. The van der Waals surface area contributed by atoms with Gasteiger partial charge in [0.25, 0.3) is 0 Å². The first-order chi connectivity index (χ1) is 7.52. The number of aliphatic carboxylic acids is 1. The molecule has 0 saturated carbocycles. The number of Topliss-reactive ketones (excluding diaryl/α,β-unsaturated/α-hetero) is 1. The van der Waals surface area contributed by atoms with Gasteiger partial charge in [-0.05, 0) is 13.3 Å². The van der Waals surface area contributed by atoms with E-state index in [1.54, 1.807) is 37.3 Å². The van der Waals surface area contributed by atoms with Gasteiger partial charge in [-0.2, -0.15) is 0 Å². The number of carboxylic acid groups (broad SMARTS) is 1. The molecular weight excluding hydrogens is 206 g/mol. The van der Waals surface area contributed by atoms with Crippen LogP contribution < -0.4 is 5.73 Å². The predicted molar refractivity (Wildman–Crippen MR) is 60.2 cm³/mol. The Kier molecular flexibility index (Phi) is 4.19. The maximum atomic E-state index is 11.9. The molecule has 0 amide bonds. The predicted octanol–water partition coefficient (Wildman–Crippen LogP) is 1.31. The first-order valence-electron chi connectivity index (χ1n) is 5.10. The summed E-state index contributed by atoms with van der Waals surface area (Å²) in [5, 5.41) is 8.98. The highest BCUT2D eigenvalue weighted by Gasteiger charge is 2.27. The van der Waals surface area contributed by atoms with Crippen LogP contribution in [0.1, 0.15) is 23.7 Å². The van der Waals surface area contributed by atoms with Crippen LogP contribution in [0.15, 0.2) is 30.3 Å². The topological polar surface area (TPSA) is 80.4 Å². The van der Waals surface area contributed by atoms with Gasteiger partial charge in [-0.3, -0.25) is 9.59 Å². The lowest BCUT2D eigenvalue weighted by Gasteiger charge is -2.13. The molecular formula is C12H15NO3. The number of hydrogen-bond acceptors (Lipinski definition) is 3. The average Bonchev–Trinajstić information content (AvgIpc) is 2.25. The highest BCUT2D eigenvalue weighted by molar-refractivity contribution is 6.08. The van der Waals surface area contributed by atoms with E-state index in [-0.39, 0.29) is 18.2 Å². The molecule has 16 heavy (non-hydrogen) atoms. The Balaban J connectivity index is 2.88. The van der Waals surface area contributed by atoms with Crippen LogP contribution in [0.2, 0.25) is 0 Å². The van der Waals surface area contributed by atoms with Gasteiger partial charge in [-0.15, -0.1) is 0 Å². The van der Waals surface area contributed by atoms with E-state index < -0.39 is 11.9 Å². The van der Waals surface area contributed by atoms with Crippen molar-refractivity contribution in [1.82, 2.24) is 0 Å². The van der Waals surface area contributed by atoms with E-state index in [2.05, 4.69) is 0 Å². The molecule has 0 bridgehead atoms. The number of hydrogen-bond donors (Lipinski definition) is 2. The SMILES string of the molecule is CC(N)CC(C(=O)O)C(=O)c1ccccc1. The summed E-state index contributed by atoms with van der Waals surface area (Å²) in [6.07, 6.45) is 0.156. The summed E-state index contributed by atoms with van der Waals surface area (Å²) in [5.74, 6) is -2.56. The minimum Gasteiger partial charge on any atom is -0.481 e. The average molecular weight is 221 g/mol. The molecule has 1 rings (SSSR count). The maximum absolute atomic E-state index is 11.9. The third kappa shape index (κ3) is 3.17. The second kappa shape index (κ2) is 5.42. The van der Waals surface area contributed by atoms with E-state index in [1.807, 2.05) is 0 Å². The fourth-order valence-electron chi connectivity index (χ4n) is 1.50. The molecule has 0 spiro atoms. The van der Waals surface area contributed by atoms with Crippen molar-refractivity contribution in [3.63, 3.8) is 0 Å². The van der Waals surface area contributed by atoms with Gasteiger partial charge in [-0.25, -0.2) is 0 Å². The van der Waals surface area contributed by atoms with Crippen molar-refractivity contribution in [2.45, 2.75) is 19.4 Å². The van der Waals surface area contributed by atoms with E-state index in [1.165, 1.54) is 0 Å². The lowest BCUT2D eigenvalue weighted by molar-refractivity contribution is -0.140. The molecule has 0 saturated heterocycles. The van der Waals surface area contributed by atoms with E-state index in [0.29, 0.717) is 5.56 Å². The van der Waals surface area contributed by atoms with Crippen LogP contribution in [0.5, 0.6) is 0 Å². The van der Waals surface area contributed by atoms with Crippen molar-refractivity contribution in [2.24, 2.45) is 11.7 Å². The quantitative estimate of drug-likeness (QED) is 0.580. The number of ketones is 1. The molecule has 2 unspecified atom stereocenters. The summed E-state index contributed by atoms with van der Waals surface area (Å²) in [5.41, 5.74) is 5.94. The van der Waals surface area contributed by atoms with Crippen molar-refractivity contribution in [2.75, 3.05) is 0 Å². The molecule has 1 aromatic rings. The summed E-state index contributed by atoms with van der Waals surface area (Å²) in [6.45, 7) is 1.69. The maximum Gasteiger partial charge on any atom is 0.314 e. The normalized spacial score (nSPS) is 14.1. The molecule has 2 atom stereocenters. The van der Waals surface area contributed by atoms with Gasteiger partial charge in [-0.1, -0.05) is 30.3 Å². The van der Waals surface area contributed by atoms with E-state index in [9.17, 15) is 9.59 Å². The van der Waals surface area contributed by atoms with Gasteiger partial charge in [0.1, 0.15) is 5.92 Å². The van der Waals surface area contributed by atoms with Crippen LogP contribution in [0, 0.1) is 5.92 Å². The fraction of sp³-hybridized carbons (Fsp3) is 0.333. The summed E-state index contributed by atoms with van der Waals surface area (Å²) in [4.78, 5) is 22.9. The number of rotatable bonds is 5. The molecule has 0 fully saturated rings. The minimum atomic E-state index is -1.12. The molecule has 0 aliphatic heterocycles. The molecule has 86 valence electrons. The molecule has 0 aromatic heterocycles. The number of nitrogens with two attached hydrogens (primary N) is 1. The second-order valence-electron chi connectivity index (χ2n) is 3.83. The van der Waals surface area contributed by atoms with Crippen molar-refractivity contribution in [3.8, 4) is 0 Å². The molecule has 0 aliphatic carbocycles. The van der Waals surface area contributed by atoms with Crippen molar-refractivity contribution in [1.29, 1.82) is 0 Å². The van der Waals surface area contributed by atoms with Gasteiger partial charge < -0.3 is 10.8 Å². The van der Waals surface area contributed by atoms with E-state index in [4.69, 9.17) is 10.8 Å². The fourth-order valence-corrected chi connectivity index (χ4v) is 1.50. The highest BCUT2D eigenvalue weighted by Crippen LogP contribution is 2.14. The molecule has 4 heteroatoms. The lowest BCUT2D eigenvalue weighted by Crippen LogP contribution is -2.30. The third-order valence-electron chi connectivity index (χ3n) is 2.28. The summed E-state index contributed by atoms with van der Waals surface area (Å²) in [7, 11) is 0. The molecule has 1 aromatic carbocycles. The first-order valence-corrected chi connectivity index (χ1v) is 5.10. The van der Waals surface area contributed by atoms with Crippen LogP contribution in [0.4, 0.5) is 0 Å². The Labute approximate surface area is 94.1 Å². The lowest BCUT2D eigenvalue weighted by atomic mass is 9.92. The van der Waals surface area contributed by atoms with Crippen LogP contribution >= 0.6 is 0 Å². The first kappa shape index (κ1) is 12.4. The van der Waals surface area contributed by atoms with E-state index >= 15 is 0 Å². The monoisotopic (exact) mass is 221 g/mol. The summed E-state index contributed by atoms with van der Waals surface area (Å²) < 4.78 is 0. The Hall–Kier alpha value is -1.68. The summed E-state index contributed by atoms with van der Waals surface area (Å²) in [6, 6.07) is 8.10. The number of carbonyl (C=O) groups is 2. The van der Waals surface area contributed by atoms with Gasteiger partial charge in [0.15, 0.2) is 5.78 Å². The van der Waals surface area contributed by atoms with E-state index in [0.717, 1.165) is 0 Å². The van der Waals surface area contributed by atoms with Gasteiger partial charge in [0.2, 0.25) is 0 Å². The Morgan fingerprint density at radius 2 is 1.88 bits per heavy atom. The minimum absolute atomic E-state index is 0.156. The Bertz CT molecular complexity index is 373. The zero-order chi connectivity index (χ0) is 12.1. The molecule has 0 aliphatic rings. The van der Waals surface area contributed by atoms with Crippen molar-refractivity contribution < 1.29 is 14.7 Å². The highest BCUT2D eigenvalue weighted by atomic mass is 16.4. The van der Waals surface area contributed by atoms with Crippen molar-refractivity contribution >= 4 is 11.8 Å². The Morgan fingerprint density at radius 1 is 1.31 bits per heavy atom. The number of carbonyl (C=O) groups excluding carboxylic acids is 1. The van der Waals surface area contributed by atoms with Crippen LogP contribution in [0.3, 0.4) is 0 Å². The number of benzene rings is 1. The van der Waals surface area contributed by atoms with Crippen LogP contribution in [0.25, 0.3) is 0 Å².